The van der Waals surface area contributed by atoms with Crippen LogP contribution in [0.15, 0.2) is 0 Å². The van der Waals surface area contributed by atoms with Gasteiger partial charge in [0.05, 0.1) is 20.7 Å². The number of nitrogens with zero attached hydrogens (tertiary/aromatic N) is 1. The number of piperidine rings is 1. The summed E-state index contributed by atoms with van der Waals surface area (Å²) in [6, 6.07) is 0. The molecule has 0 aromatic carbocycles. The second-order valence-corrected chi connectivity index (χ2v) is 6.58. The van der Waals surface area contributed by atoms with Crippen LogP contribution in [-0.4, -0.2) is 36.8 Å². The molecule has 3 nitrogen and oxygen atoms in total. The molecule has 0 aromatic rings. The summed E-state index contributed by atoms with van der Waals surface area (Å²) in [5, 5.41) is 11.3. The van der Waals surface area contributed by atoms with E-state index in [2.05, 4.69) is 31.9 Å². The number of carbonyl (C=O) groups excluding carboxylic acids is 1. The van der Waals surface area contributed by atoms with E-state index in [1.54, 1.807) is 0 Å². The Hall–Kier alpha value is 0.550. The van der Waals surface area contributed by atoms with E-state index in [9.17, 15) is 10.0 Å². The molecule has 1 heterocycles. The minimum Gasteiger partial charge on any atom is -0.313 e. The van der Waals surface area contributed by atoms with Crippen molar-refractivity contribution in [2.45, 2.75) is 48.4 Å². The van der Waals surface area contributed by atoms with Gasteiger partial charge in [0, 0.05) is 0 Å². The van der Waals surface area contributed by atoms with Crippen molar-refractivity contribution in [3.8, 4) is 0 Å². The lowest BCUT2D eigenvalue weighted by Gasteiger charge is -2.52. The van der Waals surface area contributed by atoms with E-state index < -0.39 is 11.1 Å². The van der Waals surface area contributed by atoms with Crippen LogP contribution in [0, 0.1) is 0 Å². The zero-order chi connectivity index (χ0) is 11.3. The zero-order valence-electron chi connectivity index (χ0n) is 8.71. The van der Waals surface area contributed by atoms with Gasteiger partial charge < -0.3 is 5.21 Å². The molecular weight excluding hydrogens is 314 g/mol. The number of halogens is 2. The van der Waals surface area contributed by atoms with Gasteiger partial charge in [0.2, 0.25) is 0 Å². The minimum absolute atomic E-state index is 0.0744. The molecule has 1 fully saturated rings. The fourth-order valence-corrected chi connectivity index (χ4v) is 3.05. The lowest BCUT2D eigenvalue weighted by Crippen LogP contribution is -2.69. The van der Waals surface area contributed by atoms with Crippen LogP contribution in [0.2, 0.25) is 0 Å². The summed E-state index contributed by atoms with van der Waals surface area (Å²) in [6.07, 6.45) is 0. The van der Waals surface area contributed by atoms with Crippen LogP contribution in [0.1, 0.15) is 27.7 Å². The zero-order valence-corrected chi connectivity index (χ0v) is 11.9. The highest BCUT2D eigenvalue weighted by Crippen LogP contribution is 2.41. The van der Waals surface area contributed by atoms with E-state index in [0.717, 1.165) is 0 Å². The summed E-state index contributed by atoms with van der Waals surface area (Å²) in [4.78, 5) is 11.1. The summed E-state index contributed by atoms with van der Waals surface area (Å²) in [7, 11) is 0. The largest absolute Gasteiger partial charge is 0.313 e. The summed E-state index contributed by atoms with van der Waals surface area (Å²) >= 11 is 6.65. The predicted octanol–water partition coefficient (Wildman–Crippen LogP) is 2.34. The van der Waals surface area contributed by atoms with Crippen molar-refractivity contribution in [2.75, 3.05) is 0 Å². The third-order valence-electron chi connectivity index (χ3n) is 2.83. The Morgan fingerprint density at radius 2 is 1.43 bits per heavy atom. The van der Waals surface area contributed by atoms with Crippen LogP contribution in [0.25, 0.3) is 0 Å². The normalized spacial score (nSPS) is 37.2. The number of hydrogen-bond donors (Lipinski definition) is 1. The molecule has 0 aromatic heterocycles. The number of alkyl halides is 2. The van der Waals surface area contributed by atoms with Crippen LogP contribution >= 0.6 is 31.9 Å². The lowest BCUT2D eigenvalue weighted by molar-refractivity contribution is -0.231. The topological polar surface area (TPSA) is 40.5 Å². The Labute approximate surface area is 101 Å². The summed E-state index contributed by atoms with van der Waals surface area (Å²) < 4.78 is 0. The van der Waals surface area contributed by atoms with E-state index in [0.29, 0.717) is 0 Å². The third kappa shape index (κ3) is 1.58. The first-order valence-electron chi connectivity index (χ1n) is 4.44. The van der Waals surface area contributed by atoms with Crippen LogP contribution in [0.4, 0.5) is 0 Å². The molecule has 5 heteroatoms. The fourth-order valence-electron chi connectivity index (χ4n) is 1.78. The Kier molecular flexibility index (Phi) is 3.19. The van der Waals surface area contributed by atoms with Crippen molar-refractivity contribution in [1.29, 1.82) is 0 Å². The smallest absolute Gasteiger partial charge is 0.163 e. The van der Waals surface area contributed by atoms with Crippen molar-refractivity contribution < 1.29 is 10.0 Å². The molecule has 0 radical (unpaired) electrons. The molecule has 1 rings (SSSR count). The molecule has 2 atom stereocenters. The molecule has 1 aliphatic rings. The van der Waals surface area contributed by atoms with Crippen molar-refractivity contribution in [1.82, 2.24) is 5.06 Å². The van der Waals surface area contributed by atoms with Gasteiger partial charge >= 0.3 is 0 Å². The Morgan fingerprint density at radius 1 is 1.14 bits per heavy atom. The number of carbonyl (C=O) groups is 1. The van der Waals surface area contributed by atoms with Gasteiger partial charge in [-0.2, -0.15) is 5.06 Å². The molecular formula is C9H15Br2NO2. The second kappa shape index (κ2) is 3.54. The van der Waals surface area contributed by atoms with Crippen molar-refractivity contribution in [3.63, 3.8) is 0 Å². The van der Waals surface area contributed by atoms with Gasteiger partial charge in [-0.1, -0.05) is 31.9 Å². The van der Waals surface area contributed by atoms with E-state index in [-0.39, 0.29) is 15.4 Å². The van der Waals surface area contributed by atoms with Gasteiger partial charge in [-0.25, -0.2) is 0 Å². The first kappa shape index (κ1) is 12.6. The Balaban J connectivity index is 3.15. The minimum atomic E-state index is -0.592. The summed E-state index contributed by atoms with van der Waals surface area (Å²) in [5.74, 6) is 0.0744. The number of ketones is 1. The van der Waals surface area contributed by atoms with Crippen molar-refractivity contribution in [3.05, 3.63) is 0 Å². The number of hydroxylamine groups is 2. The van der Waals surface area contributed by atoms with E-state index in [4.69, 9.17) is 0 Å². The maximum Gasteiger partial charge on any atom is 0.163 e. The SMILES string of the molecule is CC1(C)[C@@H](Br)C(=O)[C@H](Br)C(C)(C)N1O. The van der Waals surface area contributed by atoms with Crippen molar-refractivity contribution in [2.24, 2.45) is 0 Å². The number of Topliss-reactive ketones (excluding diaryl/α,β-unsaturated/α-hetero) is 1. The van der Waals surface area contributed by atoms with Gasteiger partial charge in [0.25, 0.3) is 0 Å². The molecule has 82 valence electrons. The maximum atomic E-state index is 11.9. The number of hydrogen-bond acceptors (Lipinski definition) is 3. The molecule has 0 bridgehead atoms. The highest BCUT2D eigenvalue weighted by Gasteiger charge is 2.55. The van der Waals surface area contributed by atoms with Crippen LogP contribution < -0.4 is 0 Å². The lowest BCUT2D eigenvalue weighted by atomic mass is 9.81. The predicted molar refractivity (Wildman–Crippen MR) is 62.2 cm³/mol. The van der Waals surface area contributed by atoms with Gasteiger partial charge in [0.1, 0.15) is 0 Å². The van der Waals surface area contributed by atoms with Crippen LogP contribution in [-0.2, 0) is 4.79 Å². The monoisotopic (exact) mass is 327 g/mol. The van der Waals surface area contributed by atoms with Crippen LogP contribution in [0.3, 0.4) is 0 Å². The highest BCUT2D eigenvalue weighted by molar-refractivity contribution is 9.10. The van der Waals surface area contributed by atoms with Gasteiger partial charge in [-0.3, -0.25) is 4.79 Å². The number of rotatable bonds is 0. The molecule has 0 saturated carbocycles. The molecule has 1 saturated heterocycles. The molecule has 14 heavy (non-hydrogen) atoms. The van der Waals surface area contributed by atoms with Gasteiger partial charge in [0.15, 0.2) is 5.78 Å². The highest BCUT2D eigenvalue weighted by atomic mass is 79.9. The average Bonchev–Trinajstić information content (AvgIpc) is 2.11. The van der Waals surface area contributed by atoms with E-state index in [1.807, 2.05) is 27.7 Å². The second-order valence-electron chi connectivity index (χ2n) is 4.75. The standard InChI is InChI=1S/C9H15Br2NO2/c1-8(2)6(10)5(13)7(11)9(3,4)12(8)14/h6-7,14H,1-4H3/t6-,7-/m0/s1. The average molecular weight is 329 g/mol. The fraction of sp³-hybridized carbons (Fsp3) is 0.889. The van der Waals surface area contributed by atoms with Gasteiger partial charge in [-0.15, -0.1) is 0 Å². The maximum absolute atomic E-state index is 11.9. The Morgan fingerprint density at radius 3 is 1.71 bits per heavy atom. The summed E-state index contributed by atoms with van der Waals surface area (Å²) in [6.45, 7) is 7.35. The molecule has 0 unspecified atom stereocenters. The molecule has 0 spiro atoms. The van der Waals surface area contributed by atoms with E-state index >= 15 is 0 Å². The molecule has 1 N–H and O–H groups in total. The third-order valence-corrected chi connectivity index (χ3v) is 5.98. The van der Waals surface area contributed by atoms with Crippen LogP contribution in [0.5, 0.6) is 0 Å². The molecule has 0 aliphatic carbocycles. The summed E-state index contributed by atoms with van der Waals surface area (Å²) in [5.41, 5.74) is -1.18. The molecule has 1 aliphatic heterocycles. The quantitative estimate of drug-likeness (QED) is 0.694. The Bertz CT molecular complexity index is 242. The first-order valence-corrected chi connectivity index (χ1v) is 6.27. The molecule has 0 amide bonds. The van der Waals surface area contributed by atoms with Crippen molar-refractivity contribution >= 4 is 37.6 Å². The van der Waals surface area contributed by atoms with E-state index in [1.165, 1.54) is 5.06 Å². The first-order chi connectivity index (χ1) is 6.13. The van der Waals surface area contributed by atoms with Gasteiger partial charge in [-0.05, 0) is 27.7 Å².